The van der Waals surface area contributed by atoms with Crippen LogP contribution in [0.3, 0.4) is 0 Å². The molecule has 0 radical (unpaired) electrons. The Balaban J connectivity index is 3.31. The third-order valence-corrected chi connectivity index (χ3v) is 7.15. The van der Waals surface area contributed by atoms with Crippen LogP contribution < -0.4 is 0 Å². The van der Waals surface area contributed by atoms with Crippen molar-refractivity contribution < 1.29 is 27.9 Å². The Morgan fingerprint density at radius 2 is 1.90 bits per heavy atom. The van der Waals surface area contributed by atoms with E-state index in [2.05, 4.69) is 0 Å². The molecule has 2 unspecified atom stereocenters. The molecule has 21 heavy (non-hydrogen) atoms. The first-order valence-corrected chi connectivity index (χ1v) is 12.6. The van der Waals surface area contributed by atoms with Crippen LogP contribution in [0, 0.1) is 11.3 Å². The lowest BCUT2D eigenvalue weighted by Crippen LogP contribution is -2.51. The second-order valence-corrected chi connectivity index (χ2v) is 14.5. The zero-order valence-corrected chi connectivity index (χ0v) is 14.8. The maximum absolute atomic E-state index is 12.4. The summed E-state index contributed by atoms with van der Waals surface area (Å²) >= 11 is 0. The largest absolute Gasteiger partial charge is 0.480 e. The summed E-state index contributed by atoms with van der Waals surface area (Å²) in [5.41, 5.74) is -1.73. The second kappa shape index (κ2) is 6.08. The number of carbonyl (C=O) groups is 2. The number of aliphatic carboxylic acids is 1. The van der Waals surface area contributed by atoms with E-state index in [1.165, 1.54) is 0 Å². The Hall–Kier alpha value is -0.893. The first kappa shape index (κ1) is 18.2. The van der Waals surface area contributed by atoms with Gasteiger partial charge in [0.25, 0.3) is 0 Å². The highest BCUT2D eigenvalue weighted by Gasteiger charge is 2.58. The van der Waals surface area contributed by atoms with Gasteiger partial charge in [0.05, 0.1) is 18.1 Å². The van der Waals surface area contributed by atoms with Gasteiger partial charge in [0.1, 0.15) is 0 Å². The van der Waals surface area contributed by atoms with Crippen molar-refractivity contribution in [3.63, 3.8) is 0 Å². The number of hydrogen-bond donors (Lipinski definition) is 1. The van der Waals surface area contributed by atoms with Gasteiger partial charge in [-0.2, -0.15) is 0 Å². The number of ether oxygens (including phenoxy) is 1. The van der Waals surface area contributed by atoms with Crippen molar-refractivity contribution in [1.82, 2.24) is 0 Å². The van der Waals surface area contributed by atoms with E-state index in [0.717, 1.165) is 0 Å². The van der Waals surface area contributed by atoms with Gasteiger partial charge in [-0.15, -0.1) is 0 Å². The summed E-state index contributed by atoms with van der Waals surface area (Å²) in [6, 6.07) is 0.189. The molecule has 1 aliphatic heterocycles. The summed E-state index contributed by atoms with van der Waals surface area (Å²) < 4.78 is 28.4. The van der Waals surface area contributed by atoms with E-state index in [4.69, 9.17) is 4.74 Å². The zero-order valence-electron chi connectivity index (χ0n) is 13.0. The van der Waals surface area contributed by atoms with Gasteiger partial charge in [0.15, 0.2) is 15.3 Å². The van der Waals surface area contributed by atoms with Crippen LogP contribution in [0.5, 0.6) is 0 Å². The third kappa shape index (κ3) is 4.06. The lowest BCUT2D eigenvalue weighted by atomic mass is 9.76. The molecule has 1 saturated heterocycles. The molecular weight excluding hydrogens is 312 g/mol. The number of carbonyl (C=O) groups excluding carboxylic acids is 1. The molecule has 8 heteroatoms. The molecule has 1 aliphatic rings. The second-order valence-electron chi connectivity index (χ2n) is 6.83. The van der Waals surface area contributed by atoms with Crippen LogP contribution in [0.1, 0.15) is 13.3 Å². The van der Waals surface area contributed by atoms with E-state index >= 15 is 0 Å². The number of hydrogen-bond acceptors (Lipinski definition) is 5. The third-order valence-electron chi connectivity index (χ3n) is 3.76. The number of rotatable bonds is 6. The molecular formula is C13H24O6SSi. The Morgan fingerprint density at radius 1 is 1.33 bits per heavy atom. The predicted molar refractivity (Wildman–Crippen MR) is 81.6 cm³/mol. The number of sulfone groups is 1. The van der Waals surface area contributed by atoms with Crippen molar-refractivity contribution in [1.29, 1.82) is 0 Å². The van der Waals surface area contributed by atoms with Crippen LogP contribution in [0.4, 0.5) is 0 Å². The van der Waals surface area contributed by atoms with Crippen molar-refractivity contribution in [2.75, 3.05) is 18.1 Å². The molecule has 0 aromatic heterocycles. The summed E-state index contributed by atoms with van der Waals surface area (Å²) in [7, 11) is -5.21. The molecule has 0 aromatic carbocycles. The minimum atomic E-state index is -3.27. The SMILES string of the molecule is CCOC(=O)C(C[Si](C)(C)C)(C(=O)O)C1CCS(=O)(=O)C1. The summed E-state index contributed by atoms with van der Waals surface area (Å²) in [5.74, 6) is -3.06. The number of carboxylic acids is 1. The van der Waals surface area contributed by atoms with E-state index in [1.807, 2.05) is 19.6 Å². The standard InChI is InChI=1S/C13H24O6SSi/c1-5-19-12(16)13(11(14)15,9-21(2,3)4)10-6-7-20(17,18)8-10/h10H,5-9H2,1-4H3,(H,14,15). The molecule has 6 nitrogen and oxygen atoms in total. The summed E-state index contributed by atoms with van der Waals surface area (Å²) in [6.45, 7) is 7.59. The molecule has 0 aromatic rings. The van der Waals surface area contributed by atoms with Crippen LogP contribution >= 0.6 is 0 Å². The molecule has 0 saturated carbocycles. The van der Waals surface area contributed by atoms with Gasteiger partial charge in [-0.3, -0.25) is 9.59 Å². The van der Waals surface area contributed by atoms with Crippen LogP contribution in [0.15, 0.2) is 0 Å². The smallest absolute Gasteiger partial charge is 0.323 e. The van der Waals surface area contributed by atoms with Crippen molar-refractivity contribution in [3.8, 4) is 0 Å². The molecule has 122 valence electrons. The fraction of sp³-hybridized carbons (Fsp3) is 0.846. The molecule has 2 atom stereocenters. The monoisotopic (exact) mass is 336 g/mol. The molecule has 1 heterocycles. The van der Waals surface area contributed by atoms with E-state index in [9.17, 15) is 23.1 Å². The van der Waals surface area contributed by atoms with Crippen molar-refractivity contribution in [2.24, 2.45) is 11.3 Å². The molecule has 1 fully saturated rings. The van der Waals surface area contributed by atoms with Gasteiger partial charge >= 0.3 is 11.9 Å². The molecule has 0 aliphatic carbocycles. The van der Waals surface area contributed by atoms with E-state index in [0.29, 0.717) is 0 Å². The van der Waals surface area contributed by atoms with E-state index < -0.39 is 41.2 Å². The average Bonchev–Trinajstić information content (AvgIpc) is 2.65. The first-order chi connectivity index (χ1) is 9.44. The van der Waals surface area contributed by atoms with Gasteiger partial charge in [0, 0.05) is 14.0 Å². The predicted octanol–water partition coefficient (Wildman–Crippen LogP) is 1.39. The minimum absolute atomic E-state index is 0.0577. The minimum Gasteiger partial charge on any atom is -0.480 e. The van der Waals surface area contributed by atoms with Gasteiger partial charge in [-0.25, -0.2) is 8.42 Å². The number of esters is 1. The molecule has 0 amide bonds. The topological polar surface area (TPSA) is 97.7 Å². The fourth-order valence-electron chi connectivity index (χ4n) is 3.00. The lowest BCUT2D eigenvalue weighted by Gasteiger charge is -2.36. The van der Waals surface area contributed by atoms with E-state index in [-0.39, 0.29) is 30.6 Å². The van der Waals surface area contributed by atoms with E-state index in [1.54, 1.807) is 6.92 Å². The summed E-state index contributed by atoms with van der Waals surface area (Å²) in [6.07, 6.45) is 0.206. The Labute approximate surface area is 126 Å². The lowest BCUT2D eigenvalue weighted by molar-refractivity contribution is -0.171. The van der Waals surface area contributed by atoms with Crippen molar-refractivity contribution in [2.45, 2.75) is 39.0 Å². The average molecular weight is 336 g/mol. The maximum Gasteiger partial charge on any atom is 0.323 e. The Kier molecular flexibility index (Phi) is 5.25. The van der Waals surface area contributed by atoms with Gasteiger partial charge in [-0.1, -0.05) is 19.6 Å². The Morgan fingerprint density at radius 3 is 2.24 bits per heavy atom. The molecule has 0 spiro atoms. The van der Waals surface area contributed by atoms with Crippen LogP contribution in [-0.2, 0) is 24.2 Å². The quantitative estimate of drug-likeness (QED) is 0.447. The Bertz CT molecular complexity index is 521. The van der Waals surface area contributed by atoms with Gasteiger partial charge in [0.2, 0.25) is 0 Å². The maximum atomic E-state index is 12.4. The van der Waals surface area contributed by atoms with Crippen LogP contribution in [-0.4, -0.2) is 51.6 Å². The molecule has 1 N–H and O–H groups in total. The fourth-order valence-corrected chi connectivity index (χ4v) is 7.13. The van der Waals surface area contributed by atoms with Crippen molar-refractivity contribution in [3.05, 3.63) is 0 Å². The highest BCUT2D eigenvalue weighted by atomic mass is 32.2. The van der Waals surface area contributed by atoms with Crippen LogP contribution in [0.2, 0.25) is 25.7 Å². The van der Waals surface area contributed by atoms with Crippen molar-refractivity contribution >= 4 is 29.8 Å². The first-order valence-electron chi connectivity index (χ1n) is 7.05. The van der Waals surface area contributed by atoms with Crippen LogP contribution in [0.25, 0.3) is 0 Å². The van der Waals surface area contributed by atoms with Gasteiger partial charge in [-0.05, 0) is 19.4 Å². The highest BCUT2D eigenvalue weighted by molar-refractivity contribution is 7.91. The normalized spacial score (nSPS) is 24.3. The molecule has 1 rings (SSSR count). The zero-order chi connectivity index (χ0) is 16.5. The molecule has 0 bridgehead atoms. The highest BCUT2D eigenvalue weighted by Crippen LogP contribution is 2.44. The van der Waals surface area contributed by atoms with Gasteiger partial charge < -0.3 is 9.84 Å². The summed E-state index contributed by atoms with van der Waals surface area (Å²) in [5, 5.41) is 9.74. The number of carboxylic acid groups (broad SMARTS) is 1. The summed E-state index contributed by atoms with van der Waals surface area (Å²) in [4.78, 5) is 24.3.